The molecule has 0 bridgehead atoms. The molecule has 4 aromatic carbocycles. The van der Waals surface area contributed by atoms with Crippen LogP contribution in [-0.4, -0.2) is 12.3 Å². The maximum absolute atomic E-state index is 2.30. The Morgan fingerprint density at radius 1 is 0.387 bits per heavy atom. The summed E-state index contributed by atoms with van der Waals surface area (Å²) in [7, 11) is -0.618. The SMILES string of the molecule is [CH3-].[Pd].c1ccc(P(CCCP(c2ccccc2)c2ccccc2)c2ccccc2)cc1. The van der Waals surface area contributed by atoms with E-state index in [0.29, 0.717) is 0 Å². The van der Waals surface area contributed by atoms with E-state index in [1.165, 1.54) is 40.0 Å². The van der Waals surface area contributed by atoms with Crippen molar-refractivity contribution in [1.82, 2.24) is 0 Å². The number of rotatable bonds is 8. The molecule has 0 aromatic heterocycles. The average molecular weight is 534 g/mol. The van der Waals surface area contributed by atoms with Crippen LogP contribution in [0.25, 0.3) is 0 Å². The Morgan fingerprint density at radius 3 is 0.839 bits per heavy atom. The van der Waals surface area contributed by atoms with Crippen LogP contribution in [0.15, 0.2) is 121 Å². The van der Waals surface area contributed by atoms with Gasteiger partial charge in [-0.15, -0.1) is 0 Å². The first-order chi connectivity index (χ1) is 14.4. The van der Waals surface area contributed by atoms with Crippen molar-refractivity contribution in [3.8, 4) is 0 Å². The molecule has 0 saturated heterocycles. The van der Waals surface area contributed by atoms with Crippen LogP contribution in [0, 0.1) is 7.43 Å². The maximum atomic E-state index is 2.30. The molecule has 0 N–H and O–H groups in total. The second-order valence-corrected chi connectivity index (χ2v) is 11.7. The van der Waals surface area contributed by atoms with Crippen LogP contribution in [0.4, 0.5) is 0 Å². The molecule has 4 rings (SSSR count). The van der Waals surface area contributed by atoms with E-state index < -0.39 is 0 Å². The molecule has 0 nitrogen and oxygen atoms in total. The zero-order valence-corrected chi connectivity index (χ0v) is 21.2. The predicted molar refractivity (Wildman–Crippen MR) is 139 cm³/mol. The van der Waals surface area contributed by atoms with Gasteiger partial charge in [-0.3, -0.25) is 0 Å². The Bertz CT molecular complexity index is 814. The van der Waals surface area contributed by atoms with Gasteiger partial charge in [0.05, 0.1) is 0 Å². The summed E-state index contributed by atoms with van der Waals surface area (Å²) in [6.07, 6.45) is 3.72. The van der Waals surface area contributed by atoms with Gasteiger partial charge in [0.15, 0.2) is 0 Å². The Hall–Kier alpha value is -1.60. The Morgan fingerprint density at radius 2 is 0.613 bits per heavy atom. The molecule has 3 heteroatoms. The molecule has 0 aliphatic heterocycles. The molecule has 0 unspecified atom stereocenters. The first-order valence-corrected chi connectivity index (χ1v) is 13.2. The largest absolute Gasteiger partial charge is 0.358 e. The Kier molecular flexibility index (Phi) is 11.4. The van der Waals surface area contributed by atoms with E-state index in [1.807, 2.05) is 0 Å². The molecule has 0 fully saturated rings. The third-order valence-corrected chi connectivity index (χ3v) is 10.2. The minimum Gasteiger partial charge on any atom is -0.358 e. The fraction of sp³-hybridized carbons (Fsp3) is 0.107. The van der Waals surface area contributed by atoms with Crippen LogP contribution in [0.1, 0.15) is 6.42 Å². The summed E-state index contributed by atoms with van der Waals surface area (Å²) in [4.78, 5) is 0. The van der Waals surface area contributed by atoms with Gasteiger partial charge in [-0.1, -0.05) is 121 Å². The van der Waals surface area contributed by atoms with Crippen molar-refractivity contribution >= 4 is 37.1 Å². The molecular formula is C28H29P2Pd-. The van der Waals surface area contributed by atoms with Crippen LogP contribution in [-0.2, 0) is 20.4 Å². The summed E-state index contributed by atoms with van der Waals surface area (Å²) in [5.41, 5.74) is 0. The summed E-state index contributed by atoms with van der Waals surface area (Å²) in [6.45, 7) is 0. The van der Waals surface area contributed by atoms with E-state index in [-0.39, 0.29) is 43.7 Å². The van der Waals surface area contributed by atoms with E-state index >= 15 is 0 Å². The molecule has 0 atom stereocenters. The topological polar surface area (TPSA) is 0 Å². The van der Waals surface area contributed by atoms with E-state index in [9.17, 15) is 0 Å². The minimum absolute atomic E-state index is 0. The Balaban J connectivity index is 0.00000171. The standard InChI is InChI=1S/C27H26P2.CH3.Pd/c1-5-14-24(15-6-1)28(25-16-7-2-8-17-25)22-13-23-29(26-18-9-3-10-19-26)27-20-11-4-12-21-27;;/h1-12,14-21H,13,22-23H2;1H3;/q;-1;. The second kappa shape index (κ2) is 13.7. The van der Waals surface area contributed by atoms with Gasteiger partial charge in [0.2, 0.25) is 0 Å². The van der Waals surface area contributed by atoms with E-state index in [4.69, 9.17) is 0 Å². The van der Waals surface area contributed by atoms with Crippen molar-refractivity contribution in [1.29, 1.82) is 0 Å². The third-order valence-electron chi connectivity index (χ3n) is 5.03. The van der Waals surface area contributed by atoms with E-state index in [0.717, 1.165) is 0 Å². The van der Waals surface area contributed by atoms with Crippen LogP contribution in [0.5, 0.6) is 0 Å². The summed E-state index contributed by atoms with van der Waals surface area (Å²) >= 11 is 0. The molecule has 162 valence electrons. The van der Waals surface area contributed by atoms with E-state index in [2.05, 4.69) is 121 Å². The van der Waals surface area contributed by atoms with Gasteiger partial charge in [-0.2, -0.15) is 0 Å². The molecule has 4 aromatic rings. The maximum Gasteiger partial charge on any atom is 0 e. The summed E-state index contributed by atoms with van der Waals surface area (Å²) in [5.74, 6) is 0. The predicted octanol–water partition coefficient (Wildman–Crippen LogP) is 6.09. The summed E-state index contributed by atoms with van der Waals surface area (Å²) in [6, 6.07) is 44.3. The van der Waals surface area contributed by atoms with Crippen molar-refractivity contribution in [2.75, 3.05) is 12.3 Å². The fourth-order valence-electron chi connectivity index (χ4n) is 3.63. The van der Waals surface area contributed by atoms with Crippen molar-refractivity contribution < 1.29 is 20.4 Å². The molecule has 0 saturated carbocycles. The first-order valence-electron chi connectivity index (χ1n) is 10.2. The molecule has 0 aliphatic rings. The van der Waals surface area contributed by atoms with E-state index in [1.54, 1.807) is 0 Å². The fourth-order valence-corrected chi connectivity index (χ4v) is 8.59. The van der Waals surface area contributed by atoms with Gasteiger partial charge in [-0.05, 0) is 55.8 Å². The number of hydrogen-bond acceptors (Lipinski definition) is 0. The van der Waals surface area contributed by atoms with Crippen LogP contribution in [0.3, 0.4) is 0 Å². The molecule has 31 heavy (non-hydrogen) atoms. The third kappa shape index (κ3) is 7.21. The van der Waals surface area contributed by atoms with Gasteiger partial charge in [-0.25, -0.2) is 0 Å². The normalized spacial score (nSPS) is 10.4. The quantitative estimate of drug-likeness (QED) is 0.146. The van der Waals surface area contributed by atoms with Gasteiger partial charge >= 0.3 is 0 Å². The van der Waals surface area contributed by atoms with Crippen LogP contribution >= 0.6 is 15.8 Å². The smallest absolute Gasteiger partial charge is 0 e. The number of benzene rings is 4. The summed E-state index contributed by atoms with van der Waals surface area (Å²) in [5, 5.41) is 5.94. The first kappa shape index (κ1) is 25.7. The minimum atomic E-state index is -0.309. The zero-order valence-electron chi connectivity index (χ0n) is 17.9. The second-order valence-electron chi connectivity index (χ2n) is 7.00. The van der Waals surface area contributed by atoms with Crippen molar-refractivity contribution in [2.24, 2.45) is 0 Å². The molecule has 0 radical (unpaired) electrons. The van der Waals surface area contributed by atoms with Crippen molar-refractivity contribution in [3.05, 3.63) is 129 Å². The average Bonchev–Trinajstić information content (AvgIpc) is 2.81. The summed E-state index contributed by atoms with van der Waals surface area (Å²) < 4.78 is 0. The monoisotopic (exact) mass is 533 g/mol. The van der Waals surface area contributed by atoms with Gasteiger partial charge in [0.25, 0.3) is 0 Å². The van der Waals surface area contributed by atoms with Gasteiger partial charge in [0, 0.05) is 20.4 Å². The van der Waals surface area contributed by atoms with Gasteiger partial charge < -0.3 is 7.43 Å². The number of hydrogen-bond donors (Lipinski definition) is 0. The zero-order chi connectivity index (χ0) is 19.7. The molecule has 0 heterocycles. The molecule has 0 aliphatic carbocycles. The van der Waals surface area contributed by atoms with Gasteiger partial charge in [0.1, 0.15) is 0 Å². The Labute approximate surface area is 204 Å². The van der Waals surface area contributed by atoms with Crippen LogP contribution < -0.4 is 21.2 Å². The van der Waals surface area contributed by atoms with Crippen molar-refractivity contribution in [2.45, 2.75) is 6.42 Å². The molecule has 0 amide bonds. The molecular weight excluding hydrogens is 505 g/mol. The van der Waals surface area contributed by atoms with Crippen molar-refractivity contribution in [3.63, 3.8) is 0 Å². The molecule has 0 spiro atoms. The van der Waals surface area contributed by atoms with Crippen LogP contribution in [0.2, 0.25) is 0 Å².